The molecule has 2 aromatic rings. The number of nitrogens with zero attached hydrogens (tertiary/aromatic N) is 2. The third kappa shape index (κ3) is 8.71. The van der Waals surface area contributed by atoms with E-state index in [0.717, 1.165) is 39.2 Å². The maximum Gasteiger partial charge on any atom is 0.256 e. The van der Waals surface area contributed by atoms with E-state index in [4.69, 9.17) is 5.11 Å². The number of anilines is 2. The average molecular weight is 537 g/mol. The number of likely N-dealkylation sites (tertiary alicyclic amines) is 2. The number of halogens is 3. The zero-order valence-electron chi connectivity index (χ0n) is 23.1. The molecule has 0 aromatic heterocycles. The SMILES string of the molecule is CC.CO.Cc1ccc(Nc2c(C(=O)N3CCC(CNCCN4CCCCC4)C3)ccc(F)c2F)c(F)c1. The van der Waals surface area contributed by atoms with Crippen LogP contribution >= 0.6 is 0 Å². The number of hydrogen-bond donors (Lipinski definition) is 3. The highest BCUT2D eigenvalue weighted by molar-refractivity contribution is 6.00. The van der Waals surface area contributed by atoms with Gasteiger partial charge in [0.2, 0.25) is 0 Å². The quantitative estimate of drug-likeness (QED) is 0.398. The zero-order valence-corrected chi connectivity index (χ0v) is 23.1. The Morgan fingerprint density at radius 3 is 2.39 bits per heavy atom. The van der Waals surface area contributed by atoms with Crippen LogP contribution in [0, 0.1) is 30.3 Å². The number of piperidine rings is 1. The van der Waals surface area contributed by atoms with Gasteiger partial charge in [0.15, 0.2) is 11.6 Å². The Morgan fingerprint density at radius 1 is 1.00 bits per heavy atom. The van der Waals surface area contributed by atoms with Gasteiger partial charge in [-0.1, -0.05) is 26.3 Å². The van der Waals surface area contributed by atoms with E-state index in [2.05, 4.69) is 15.5 Å². The summed E-state index contributed by atoms with van der Waals surface area (Å²) in [4.78, 5) is 17.4. The van der Waals surface area contributed by atoms with Gasteiger partial charge in [0.1, 0.15) is 5.82 Å². The van der Waals surface area contributed by atoms with Crippen molar-refractivity contribution in [2.45, 2.75) is 46.5 Å². The molecule has 2 aliphatic heterocycles. The van der Waals surface area contributed by atoms with Crippen LogP contribution in [0.3, 0.4) is 0 Å². The molecule has 0 radical (unpaired) electrons. The summed E-state index contributed by atoms with van der Waals surface area (Å²) in [5.74, 6) is -2.96. The van der Waals surface area contributed by atoms with Gasteiger partial charge in [-0.25, -0.2) is 13.2 Å². The molecule has 2 fully saturated rings. The molecule has 2 heterocycles. The van der Waals surface area contributed by atoms with Crippen LogP contribution in [0.2, 0.25) is 0 Å². The van der Waals surface area contributed by atoms with E-state index >= 15 is 0 Å². The molecule has 2 aliphatic rings. The molecule has 38 heavy (non-hydrogen) atoms. The van der Waals surface area contributed by atoms with E-state index in [9.17, 15) is 18.0 Å². The molecule has 0 spiro atoms. The Labute approximate surface area is 225 Å². The predicted octanol–water partition coefficient (Wildman–Crippen LogP) is 5.33. The van der Waals surface area contributed by atoms with Crippen molar-refractivity contribution >= 4 is 17.3 Å². The maximum absolute atomic E-state index is 14.7. The predicted molar refractivity (Wildman–Crippen MR) is 147 cm³/mol. The number of aliphatic hydroxyl groups is 1. The Kier molecular flexibility index (Phi) is 13.6. The molecule has 0 saturated carbocycles. The summed E-state index contributed by atoms with van der Waals surface area (Å²) in [6, 6.07) is 6.61. The highest BCUT2D eigenvalue weighted by Gasteiger charge is 2.30. The van der Waals surface area contributed by atoms with E-state index in [1.54, 1.807) is 17.9 Å². The summed E-state index contributed by atoms with van der Waals surface area (Å²) in [5.41, 5.74) is 0.349. The Bertz CT molecular complexity index is 1020. The minimum Gasteiger partial charge on any atom is -0.400 e. The first kappa shape index (κ1) is 31.6. The fourth-order valence-corrected chi connectivity index (χ4v) is 4.79. The van der Waals surface area contributed by atoms with E-state index in [-0.39, 0.29) is 22.8 Å². The van der Waals surface area contributed by atoms with Crippen LogP contribution in [0.1, 0.15) is 55.5 Å². The Balaban J connectivity index is 0.00000121. The lowest BCUT2D eigenvalue weighted by Crippen LogP contribution is -2.37. The van der Waals surface area contributed by atoms with Crippen molar-refractivity contribution in [1.82, 2.24) is 15.1 Å². The van der Waals surface area contributed by atoms with Crippen LogP contribution in [0.5, 0.6) is 0 Å². The van der Waals surface area contributed by atoms with Gasteiger partial charge in [-0.3, -0.25) is 4.79 Å². The Hall–Kier alpha value is -2.62. The smallest absolute Gasteiger partial charge is 0.256 e. The van der Waals surface area contributed by atoms with Crippen LogP contribution in [0.25, 0.3) is 0 Å². The Morgan fingerprint density at radius 2 is 1.71 bits per heavy atom. The fourth-order valence-electron chi connectivity index (χ4n) is 4.79. The summed E-state index contributed by atoms with van der Waals surface area (Å²) in [6.45, 7) is 11.9. The van der Waals surface area contributed by atoms with Crippen molar-refractivity contribution < 1.29 is 23.1 Å². The molecule has 0 bridgehead atoms. The van der Waals surface area contributed by atoms with E-state index in [1.807, 2.05) is 13.8 Å². The van der Waals surface area contributed by atoms with Crippen LogP contribution in [0.15, 0.2) is 30.3 Å². The van der Waals surface area contributed by atoms with Gasteiger partial charge < -0.3 is 25.5 Å². The van der Waals surface area contributed by atoms with E-state index in [1.165, 1.54) is 50.6 Å². The average Bonchev–Trinajstić information content (AvgIpc) is 3.42. The van der Waals surface area contributed by atoms with Crippen molar-refractivity contribution in [3.8, 4) is 0 Å². The van der Waals surface area contributed by atoms with Gasteiger partial charge in [0.05, 0.1) is 16.9 Å². The number of nitrogens with one attached hydrogen (secondary N) is 2. The summed E-state index contributed by atoms with van der Waals surface area (Å²) in [6.07, 6.45) is 4.72. The number of amides is 1. The van der Waals surface area contributed by atoms with Crippen molar-refractivity contribution in [3.63, 3.8) is 0 Å². The monoisotopic (exact) mass is 536 g/mol. The molecular weight excluding hydrogens is 493 g/mol. The lowest BCUT2D eigenvalue weighted by atomic mass is 10.1. The third-order valence-corrected chi connectivity index (χ3v) is 6.77. The van der Waals surface area contributed by atoms with Gasteiger partial charge in [-0.05, 0) is 81.6 Å². The first-order valence-corrected chi connectivity index (χ1v) is 13.6. The highest BCUT2D eigenvalue weighted by Crippen LogP contribution is 2.30. The minimum absolute atomic E-state index is 0.00224. The summed E-state index contributed by atoms with van der Waals surface area (Å²) < 4.78 is 43.0. The van der Waals surface area contributed by atoms with Gasteiger partial charge in [-0.2, -0.15) is 0 Å². The standard InChI is InChI=1S/C26H33F3N4O.C2H6.CH4O/c1-18-5-8-23(22(28)15-18)31-25-20(6-7-21(27)24(25)29)26(34)33-13-9-19(17-33)16-30-10-14-32-11-3-2-4-12-32;2*1-2/h5-8,15,19,30-31H,2-4,9-14,16-17H2,1H3;1-2H3;2H,1H3. The normalized spacial score (nSPS) is 17.3. The van der Waals surface area contributed by atoms with Crippen LogP contribution in [-0.2, 0) is 0 Å². The van der Waals surface area contributed by atoms with Gasteiger partial charge in [0.25, 0.3) is 5.91 Å². The lowest BCUT2D eigenvalue weighted by Gasteiger charge is -2.26. The number of aryl methyl sites for hydroxylation is 1. The van der Waals surface area contributed by atoms with E-state index in [0.29, 0.717) is 24.6 Å². The number of benzene rings is 2. The maximum atomic E-state index is 14.7. The molecule has 4 rings (SSSR count). The molecule has 2 aromatic carbocycles. The van der Waals surface area contributed by atoms with Crippen LogP contribution in [-0.4, -0.2) is 73.7 Å². The first-order valence-electron chi connectivity index (χ1n) is 13.6. The van der Waals surface area contributed by atoms with Crippen molar-refractivity contribution in [2.75, 3.05) is 58.2 Å². The summed E-state index contributed by atoms with van der Waals surface area (Å²) in [7, 11) is 1.00. The van der Waals surface area contributed by atoms with Crippen molar-refractivity contribution in [3.05, 3.63) is 58.9 Å². The van der Waals surface area contributed by atoms with Gasteiger partial charge in [0, 0.05) is 33.3 Å². The molecule has 2 saturated heterocycles. The number of carbonyl (C=O) groups excluding carboxylic acids is 1. The molecule has 3 N–H and O–H groups in total. The van der Waals surface area contributed by atoms with Crippen LogP contribution in [0.4, 0.5) is 24.5 Å². The van der Waals surface area contributed by atoms with Crippen LogP contribution < -0.4 is 10.6 Å². The lowest BCUT2D eigenvalue weighted by molar-refractivity contribution is 0.0787. The summed E-state index contributed by atoms with van der Waals surface area (Å²) >= 11 is 0. The molecule has 1 amide bonds. The zero-order chi connectivity index (χ0) is 28.1. The second kappa shape index (κ2) is 16.4. The molecule has 9 heteroatoms. The number of carbonyl (C=O) groups is 1. The highest BCUT2D eigenvalue weighted by atomic mass is 19.2. The first-order chi connectivity index (χ1) is 18.4. The molecule has 1 atom stereocenters. The molecule has 212 valence electrons. The minimum atomic E-state index is -1.19. The van der Waals surface area contributed by atoms with Gasteiger partial charge in [-0.15, -0.1) is 0 Å². The number of aliphatic hydroxyl groups excluding tert-OH is 1. The topological polar surface area (TPSA) is 67.8 Å². The summed E-state index contributed by atoms with van der Waals surface area (Å²) in [5, 5.41) is 13.1. The largest absolute Gasteiger partial charge is 0.400 e. The van der Waals surface area contributed by atoms with E-state index < -0.39 is 17.5 Å². The molecule has 6 nitrogen and oxygen atoms in total. The second-order valence-electron chi connectivity index (χ2n) is 9.40. The fraction of sp³-hybridized carbons (Fsp3) is 0.552. The number of rotatable bonds is 8. The third-order valence-electron chi connectivity index (χ3n) is 6.77. The van der Waals surface area contributed by atoms with Crippen molar-refractivity contribution in [2.24, 2.45) is 5.92 Å². The molecule has 1 unspecified atom stereocenters. The van der Waals surface area contributed by atoms with Crippen molar-refractivity contribution in [1.29, 1.82) is 0 Å². The number of hydrogen-bond acceptors (Lipinski definition) is 5. The molecular formula is C29H43F3N4O2. The molecule has 0 aliphatic carbocycles. The van der Waals surface area contributed by atoms with Gasteiger partial charge >= 0.3 is 0 Å². The second-order valence-corrected chi connectivity index (χ2v) is 9.40.